The maximum atomic E-state index is 12.4. The number of halogens is 3. The van der Waals surface area contributed by atoms with Gasteiger partial charge in [0.25, 0.3) is 0 Å². The molecule has 0 radical (unpaired) electrons. The molecule has 2 N–H and O–H groups in total. The third-order valence-electron chi connectivity index (χ3n) is 4.69. The zero-order valence-corrected chi connectivity index (χ0v) is 17.5. The summed E-state index contributed by atoms with van der Waals surface area (Å²) in [6.07, 6.45) is -0.924. The number of aliphatic hydroxyl groups is 1. The molecule has 1 unspecified atom stereocenters. The fourth-order valence-electron chi connectivity index (χ4n) is 3.45. The van der Waals surface area contributed by atoms with Crippen LogP contribution in [-0.2, 0) is 17.8 Å². The van der Waals surface area contributed by atoms with Crippen LogP contribution in [0.2, 0.25) is 0 Å². The molecule has 1 aliphatic heterocycles. The normalized spacial score (nSPS) is 13.6. The van der Waals surface area contributed by atoms with Gasteiger partial charge in [0.15, 0.2) is 0 Å². The second kappa shape index (κ2) is 10.9. The predicted octanol–water partition coefficient (Wildman–Crippen LogP) is 5.07. The van der Waals surface area contributed by atoms with Crippen LogP contribution in [0.15, 0.2) is 43.0 Å². The Kier molecular flexibility index (Phi) is 8.50. The quantitative estimate of drug-likeness (QED) is 0.489. The molecular formula is C23H26F3NO4. The van der Waals surface area contributed by atoms with Crippen LogP contribution in [0.5, 0.6) is 11.5 Å². The Labute approximate surface area is 179 Å². The molecule has 31 heavy (non-hydrogen) atoms. The Hall–Kier alpha value is -3.00. The number of hydrogen-bond acceptors (Lipinski definition) is 4. The van der Waals surface area contributed by atoms with Gasteiger partial charge in [-0.2, -0.15) is 0 Å². The first-order valence-electron chi connectivity index (χ1n) is 9.80. The largest absolute Gasteiger partial charge is 0.573 e. The van der Waals surface area contributed by atoms with Crippen LogP contribution in [-0.4, -0.2) is 24.5 Å². The average molecular weight is 437 g/mol. The second-order valence-corrected chi connectivity index (χ2v) is 6.90. The first kappa shape index (κ1) is 24.3. The van der Waals surface area contributed by atoms with E-state index in [-0.39, 0.29) is 18.4 Å². The molecule has 1 aliphatic rings. The molecule has 5 nitrogen and oxygen atoms in total. The molecule has 0 saturated heterocycles. The number of nitrogens with one attached hydrogen (secondary N) is 1. The first-order chi connectivity index (χ1) is 14.8. The highest BCUT2D eigenvalue weighted by Crippen LogP contribution is 2.42. The third-order valence-corrected chi connectivity index (χ3v) is 4.69. The number of aliphatic hydroxyl groups excluding tert-OH is 1. The maximum Gasteiger partial charge on any atom is 0.573 e. The van der Waals surface area contributed by atoms with Crippen molar-refractivity contribution in [3.63, 3.8) is 0 Å². The summed E-state index contributed by atoms with van der Waals surface area (Å²) in [6, 6.07) is 6.98. The van der Waals surface area contributed by atoms with Crippen molar-refractivity contribution in [3.8, 4) is 22.6 Å². The SMILES string of the molecule is C=CC.CC(NC=O)c1cc(-c2ccc(OC(F)(F)F)cc2)c2c(c1CO)CCCO2. The number of benzene rings is 2. The van der Waals surface area contributed by atoms with Crippen molar-refractivity contribution < 1.29 is 32.5 Å². The van der Waals surface area contributed by atoms with Crippen molar-refractivity contribution in [2.75, 3.05) is 6.61 Å². The van der Waals surface area contributed by atoms with E-state index >= 15 is 0 Å². The van der Waals surface area contributed by atoms with Gasteiger partial charge < -0.3 is 19.9 Å². The van der Waals surface area contributed by atoms with Crippen molar-refractivity contribution in [2.24, 2.45) is 0 Å². The lowest BCUT2D eigenvalue weighted by molar-refractivity contribution is -0.274. The Bertz CT molecular complexity index is 895. The number of amides is 1. The summed E-state index contributed by atoms with van der Waals surface area (Å²) in [6.45, 7) is 7.36. The molecule has 2 aromatic rings. The van der Waals surface area contributed by atoms with Crippen LogP contribution in [0.1, 0.15) is 43.0 Å². The molecule has 2 aromatic carbocycles. The van der Waals surface area contributed by atoms with Crippen LogP contribution < -0.4 is 14.8 Å². The maximum absolute atomic E-state index is 12.4. The Morgan fingerprint density at radius 2 is 1.97 bits per heavy atom. The standard InChI is InChI=1S/C20H20F3NO4.C3H6/c1-12(24-11-26)16-9-17(19-15(18(16)10-25)3-2-8-27-19)13-4-6-14(7-5-13)28-20(21,22)23;1-3-2/h4-7,9,11-12,25H,2-3,8,10H2,1H3,(H,24,26);3H,1H2,2H3. The summed E-state index contributed by atoms with van der Waals surface area (Å²) < 4.78 is 46.9. The number of rotatable bonds is 6. The topological polar surface area (TPSA) is 67.8 Å². The van der Waals surface area contributed by atoms with Gasteiger partial charge in [-0.3, -0.25) is 4.79 Å². The molecule has 3 rings (SSSR count). The fraction of sp³-hybridized carbons (Fsp3) is 0.348. The number of fused-ring (bicyclic) bond motifs is 1. The van der Waals surface area contributed by atoms with Crippen LogP contribution in [0, 0.1) is 0 Å². The lowest BCUT2D eigenvalue weighted by Gasteiger charge is -2.27. The smallest absolute Gasteiger partial charge is 0.493 e. The van der Waals surface area contributed by atoms with Crippen molar-refractivity contribution in [2.45, 2.75) is 45.7 Å². The van der Waals surface area contributed by atoms with Crippen LogP contribution >= 0.6 is 0 Å². The first-order valence-corrected chi connectivity index (χ1v) is 9.80. The minimum Gasteiger partial charge on any atom is -0.493 e. The van der Waals surface area contributed by atoms with Gasteiger partial charge in [-0.25, -0.2) is 0 Å². The van der Waals surface area contributed by atoms with Crippen LogP contribution in [0.25, 0.3) is 11.1 Å². The van der Waals surface area contributed by atoms with Gasteiger partial charge in [0.1, 0.15) is 11.5 Å². The Morgan fingerprint density at radius 3 is 2.52 bits per heavy atom. The highest BCUT2D eigenvalue weighted by atomic mass is 19.4. The van der Waals surface area contributed by atoms with Gasteiger partial charge in [-0.1, -0.05) is 18.2 Å². The number of carbonyl (C=O) groups is 1. The summed E-state index contributed by atoms with van der Waals surface area (Å²) in [5.74, 6) is 0.302. The van der Waals surface area contributed by atoms with Crippen LogP contribution in [0.3, 0.4) is 0 Å². The molecule has 0 saturated carbocycles. The van der Waals surface area contributed by atoms with E-state index in [9.17, 15) is 23.1 Å². The van der Waals surface area contributed by atoms with E-state index in [1.54, 1.807) is 19.1 Å². The van der Waals surface area contributed by atoms with Crippen molar-refractivity contribution in [3.05, 3.63) is 59.7 Å². The van der Waals surface area contributed by atoms with Gasteiger partial charge in [-0.05, 0) is 61.6 Å². The summed E-state index contributed by atoms with van der Waals surface area (Å²) in [7, 11) is 0. The lowest BCUT2D eigenvalue weighted by Crippen LogP contribution is -2.21. The molecule has 1 atom stereocenters. The van der Waals surface area contributed by atoms with E-state index in [4.69, 9.17) is 4.74 Å². The van der Waals surface area contributed by atoms with Crippen molar-refractivity contribution in [1.82, 2.24) is 5.32 Å². The Morgan fingerprint density at radius 1 is 1.32 bits per heavy atom. The lowest BCUT2D eigenvalue weighted by atomic mass is 9.87. The van der Waals surface area contributed by atoms with Crippen molar-refractivity contribution in [1.29, 1.82) is 0 Å². The van der Waals surface area contributed by atoms with E-state index in [0.29, 0.717) is 41.9 Å². The molecule has 168 valence electrons. The number of hydrogen-bond donors (Lipinski definition) is 2. The molecule has 0 aliphatic carbocycles. The van der Waals surface area contributed by atoms with Crippen molar-refractivity contribution >= 4 is 6.41 Å². The zero-order valence-electron chi connectivity index (χ0n) is 17.5. The number of carbonyl (C=O) groups excluding carboxylic acids is 1. The average Bonchev–Trinajstić information content (AvgIpc) is 2.73. The van der Waals surface area contributed by atoms with E-state index in [1.807, 2.05) is 6.92 Å². The molecule has 0 bridgehead atoms. The molecule has 0 spiro atoms. The fourth-order valence-corrected chi connectivity index (χ4v) is 3.45. The van der Waals surface area contributed by atoms with Gasteiger partial charge in [0, 0.05) is 11.1 Å². The summed E-state index contributed by atoms with van der Waals surface area (Å²) in [4.78, 5) is 10.9. The summed E-state index contributed by atoms with van der Waals surface area (Å²) in [5, 5.41) is 12.6. The van der Waals surface area contributed by atoms with E-state index in [0.717, 1.165) is 17.5 Å². The number of alkyl halides is 3. The van der Waals surface area contributed by atoms with E-state index in [2.05, 4.69) is 16.6 Å². The highest BCUT2D eigenvalue weighted by Gasteiger charge is 2.31. The number of allylic oxidation sites excluding steroid dienone is 1. The Balaban J connectivity index is 0.00000107. The van der Waals surface area contributed by atoms with Gasteiger partial charge in [0.2, 0.25) is 6.41 Å². The molecule has 0 aromatic heterocycles. The second-order valence-electron chi connectivity index (χ2n) is 6.90. The molecule has 8 heteroatoms. The monoisotopic (exact) mass is 437 g/mol. The highest BCUT2D eigenvalue weighted by molar-refractivity contribution is 5.75. The number of ether oxygens (including phenoxy) is 2. The van der Waals surface area contributed by atoms with Gasteiger partial charge in [0.05, 0.1) is 19.3 Å². The summed E-state index contributed by atoms with van der Waals surface area (Å²) >= 11 is 0. The summed E-state index contributed by atoms with van der Waals surface area (Å²) in [5.41, 5.74) is 3.65. The van der Waals surface area contributed by atoms with E-state index in [1.165, 1.54) is 24.3 Å². The van der Waals surface area contributed by atoms with Gasteiger partial charge in [-0.15, -0.1) is 19.8 Å². The zero-order chi connectivity index (χ0) is 23.0. The third kappa shape index (κ3) is 6.24. The van der Waals surface area contributed by atoms with Gasteiger partial charge >= 0.3 is 6.36 Å². The predicted molar refractivity (Wildman–Crippen MR) is 112 cm³/mol. The minimum atomic E-state index is -4.75. The molecule has 0 fully saturated rings. The molecule has 1 heterocycles. The molecule has 1 amide bonds. The molecular weight excluding hydrogens is 411 g/mol. The van der Waals surface area contributed by atoms with Crippen LogP contribution in [0.4, 0.5) is 13.2 Å². The minimum absolute atomic E-state index is 0.204. The van der Waals surface area contributed by atoms with E-state index < -0.39 is 6.36 Å².